The number of ketones is 1. The number of hydrogen-bond donors (Lipinski definition) is 1. The van der Waals surface area contributed by atoms with Gasteiger partial charge >= 0.3 is 0 Å². The third kappa shape index (κ3) is 0.650. The molecule has 2 heteroatoms. The highest BCUT2D eigenvalue weighted by molar-refractivity contribution is 5.86. The van der Waals surface area contributed by atoms with E-state index >= 15 is 0 Å². The summed E-state index contributed by atoms with van der Waals surface area (Å²) >= 11 is 0. The van der Waals surface area contributed by atoms with Crippen molar-refractivity contribution in [3.63, 3.8) is 0 Å². The topological polar surface area (TPSA) is 29.1 Å². The van der Waals surface area contributed by atoms with E-state index in [1.165, 1.54) is 0 Å². The summed E-state index contributed by atoms with van der Waals surface area (Å²) in [5, 5.41) is 3.07. The van der Waals surface area contributed by atoms with Gasteiger partial charge in [-0.05, 0) is 26.8 Å². The van der Waals surface area contributed by atoms with Crippen LogP contribution >= 0.6 is 0 Å². The van der Waals surface area contributed by atoms with E-state index in [9.17, 15) is 4.79 Å². The van der Waals surface area contributed by atoms with Gasteiger partial charge in [-0.1, -0.05) is 0 Å². The van der Waals surface area contributed by atoms with Gasteiger partial charge in [-0.25, -0.2) is 0 Å². The Morgan fingerprint density at radius 2 is 2.25 bits per heavy atom. The van der Waals surface area contributed by atoms with Crippen LogP contribution in [-0.4, -0.2) is 17.9 Å². The summed E-state index contributed by atoms with van der Waals surface area (Å²) in [5.41, 5.74) is -0.167. The summed E-state index contributed by atoms with van der Waals surface area (Å²) < 4.78 is 0. The maximum Gasteiger partial charge on any atom is 0.149 e. The van der Waals surface area contributed by atoms with Crippen molar-refractivity contribution < 1.29 is 4.79 Å². The molecule has 1 rings (SSSR count). The van der Waals surface area contributed by atoms with Crippen molar-refractivity contribution in [2.45, 2.75) is 25.8 Å². The lowest BCUT2D eigenvalue weighted by Gasteiger charge is -2.37. The van der Waals surface area contributed by atoms with Gasteiger partial charge in [0.25, 0.3) is 0 Å². The maximum atomic E-state index is 10.7. The second-order valence-corrected chi connectivity index (χ2v) is 2.57. The fraction of sp³-hybridized carbons (Fsp3) is 0.833. The van der Waals surface area contributed by atoms with Crippen LogP contribution in [0.5, 0.6) is 0 Å². The third-order valence-corrected chi connectivity index (χ3v) is 1.92. The van der Waals surface area contributed by atoms with Crippen LogP contribution in [0.1, 0.15) is 20.3 Å². The zero-order valence-corrected chi connectivity index (χ0v) is 5.32. The average molecular weight is 113 g/mol. The first-order valence-corrected chi connectivity index (χ1v) is 2.91. The van der Waals surface area contributed by atoms with Crippen molar-refractivity contribution in [1.29, 1.82) is 0 Å². The predicted octanol–water partition coefficient (Wildman–Crippen LogP) is 0.327. The molecule has 1 aliphatic heterocycles. The van der Waals surface area contributed by atoms with Gasteiger partial charge in [0.15, 0.2) is 0 Å². The van der Waals surface area contributed by atoms with Crippen LogP contribution in [0.3, 0.4) is 0 Å². The molecule has 1 unspecified atom stereocenters. The Hall–Kier alpha value is -0.370. The molecule has 0 saturated carbocycles. The number of carbonyl (C=O) groups excluding carboxylic acids is 1. The Labute approximate surface area is 49.3 Å². The van der Waals surface area contributed by atoms with E-state index < -0.39 is 0 Å². The van der Waals surface area contributed by atoms with E-state index in [0.717, 1.165) is 13.0 Å². The summed E-state index contributed by atoms with van der Waals surface area (Å²) in [4.78, 5) is 10.7. The molecule has 0 aliphatic carbocycles. The van der Waals surface area contributed by atoms with E-state index in [2.05, 4.69) is 5.32 Å². The summed E-state index contributed by atoms with van der Waals surface area (Å²) in [6.45, 7) is 4.57. The van der Waals surface area contributed by atoms with Crippen molar-refractivity contribution in [2.24, 2.45) is 0 Å². The van der Waals surface area contributed by atoms with Crippen molar-refractivity contribution in [1.82, 2.24) is 5.32 Å². The first-order chi connectivity index (χ1) is 3.65. The second-order valence-electron chi connectivity index (χ2n) is 2.57. The highest BCUT2D eigenvalue weighted by Crippen LogP contribution is 2.17. The summed E-state index contributed by atoms with van der Waals surface area (Å²) in [6.07, 6.45) is 1.00. The van der Waals surface area contributed by atoms with Gasteiger partial charge in [-0.15, -0.1) is 0 Å². The quantitative estimate of drug-likeness (QED) is 0.531. The normalized spacial score (nSPS) is 36.2. The van der Waals surface area contributed by atoms with Crippen LogP contribution in [0.15, 0.2) is 0 Å². The molecular formula is C6H11NO. The number of rotatable bonds is 1. The van der Waals surface area contributed by atoms with Gasteiger partial charge in [0.05, 0.1) is 5.54 Å². The van der Waals surface area contributed by atoms with E-state index in [-0.39, 0.29) is 11.3 Å². The molecule has 0 aromatic heterocycles. The molecule has 0 bridgehead atoms. The van der Waals surface area contributed by atoms with Crippen molar-refractivity contribution in [2.75, 3.05) is 6.54 Å². The van der Waals surface area contributed by atoms with Gasteiger partial charge in [-0.2, -0.15) is 0 Å². The zero-order valence-electron chi connectivity index (χ0n) is 5.32. The molecule has 0 aromatic carbocycles. The Morgan fingerprint density at radius 1 is 1.75 bits per heavy atom. The highest BCUT2D eigenvalue weighted by atomic mass is 16.1. The van der Waals surface area contributed by atoms with Crippen molar-refractivity contribution >= 4 is 5.78 Å². The van der Waals surface area contributed by atoms with Crippen LogP contribution in [0, 0.1) is 0 Å². The van der Waals surface area contributed by atoms with Crippen molar-refractivity contribution in [3.05, 3.63) is 0 Å². The molecule has 1 N–H and O–H groups in total. The van der Waals surface area contributed by atoms with Crippen LogP contribution in [0.2, 0.25) is 0 Å². The number of Topliss-reactive ketones (excluding diaryl/α,β-unsaturated/α-hetero) is 1. The average Bonchev–Trinajstić information content (AvgIpc) is 1.60. The molecule has 46 valence electrons. The molecule has 0 amide bonds. The monoisotopic (exact) mass is 113 g/mol. The van der Waals surface area contributed by atoms with Crippen LogP contribution in [0.4, 0.5) is 0 Å². The Kier molecular flexibility index (Phi) is 1.12. The lowest BCUT2D eigenvalue weighted by molar-refractivity contribution is -0.125. The first kappa shape index (κ1) is 5.76. The largest absolute Gasteiger partial charge is 0.305 e. The minimum absolute atomic E-state index is 0.167. The molecule has 0 aromatic rings. The minimum Gasteiger partial charge on any atom is -0.305 e. The highest BCUT2D eigenvalue weighted by Gasteiger charge is 2.35. The van der Waals surface area contributed by atoms with E-state index in [1.807, 2.05) is 6.92 Å². The second kappa shape index (κ2) is 1.55. The number of hydrogen-bond acceptors (Lipinski definition) is 2. The smallest absolute Gasteiger partial charge is 0.149 e. The van der Waals surface area contributed by atoms with Crippen molar-refractivity contribution in [3.8, 4) is 0 Å². The molecule has 1 heterocycles. The third-order valence-electron chi connectivity index (χ3n) is 1.92. The molecule has 0 spiro atoms. The molecule has 1 atom stereocenters. The molecule has 1 aliphatic rings. The number of carbonyl (C=O) groups is 1. The van der Waals surface area contributed by atoms with Crippen LogP contribution in [-0.2, 0) is 4.79 Å². The number of nitrogens with one attached hydrogen (secondary N) is 1. The Balaban J connectivity index is 2.53. The zero-order chi connectivity index (χ0) is 6.20. The standard InChI is InChI=1S/C6H11NO/c1-5(8)6(2)3-4-7-6/h7H,3-4H2,1-2H3. The summed E-state index contributed by atoms with van der Waals surface area (Å²) in [6, 6.07) is 0. The molecular weight excluding hydrogens is 102 g/mol. The van der Waals surface area contributed by atoms with Gasteiger partial charge in [0.2, 0.25) is 0 Å². The molecule has 2 nitrogen and oxygen atoms in total. The van der Waals surface area contributed by atoms with Gasteiger partial charge in [0.1, 0.15) is 5.78 Å². The Bertz CT molecular complexity index is 116. The van der Waals surface area contributed by atoms with Gasteiger partial charge in [-0.3, -0.25) is 4.79 Å². The summed E-state index contributed by atoms with van der Waals surface area (Å²) in [5.74, 6) is 0.253. The van der Waals surface area contributed by atoms with E-state index in [4.69, 9.17) is 0 Å². The van der Waals surface area contributed by atoms with Crippen LogP contribution in [0.25, 0.3) is 0 Å². The molecule has 8 heavy (non-hydrogen) atoms. The van der Waals surface area contributed by atoms with E-state index in [0.29, 0.717) is 0 Å². The maximum absolute atomic E-state index is 10.7. The fourth-order valence-corrected chi connectivity index (χ4v) is 0.801. The molecule has 1 fully saturated rings. The van der Waals surface area contributed by atoms with Crippen LogP contribution < -0.4 is 5.32 Å². The molecule has 1 saturated heterocycles. The van der Waals surface area contributed by atoms with Gasteiger partial charge < -0.3 is 5.32 Å². The Morgan fingerprint density at radius 3 is 2.25 bits per heavy atom. The molecule has 0 radical (unpaired) electrons. The summed E-state index contributed by atoms with van der Waals surface area (Å²) in [7, 11) is 0. The SMILES string of the molecule is CC(=O)C1(C)CCN1. The van der Waals surface area contributed by atoms with E-state index in [1.54, 1.807) is 6.92 Å². The lowest BCUT2D eigenvalue weighted by atomic mass is 9.87. The predicted molar refractivity (Wildman–Crippen MR) is 31.7 cm³/mol. The fourth-order valence-electron chi connectivity index (χ4n) is 0.801. The minimum atomic E-state index is -0.167. The lowest BCUT2D eigenvalue weighted by Crippen LogP contribution is -2.59. The first-order valence-electron chi connectivity index (χ1n) is 2.91. The van der Waals surface area contributed by atoms with Gasteiger partial charge in [0, 0.05) is 0 Å².